The third kappa shape index (κ3) is 4.10. The number of carbonyl (C=O) groups excluding carboxylic acids is 2. The number of nitrogens with zero attached hydrogens (tertiary/aromatic N) is 2. The van der Waals surface area contributed by atoms with Gasteiger partial charge in [-0.2, -0.15) is 0 Å². The van der Waals surface area contributed by atoms with E-state index in [1.165, 1.54) is 0 Å². The lowest BCUT2D eigenvalue weighted by molar-refractivity contribution is -0.135. The first kappa shape index (κ1) is 22.6. The molecule has 0 spiro atoms. The van der Waals surface area contributed by atoms with Gasteiger partial charge in [0, 0.05) is 6.54 Å². The summed E-state index contributed by atoms with van der Waals surface area (Å²) in [5.74, 6) is 1.27. The molecule has 0 radical (unpaired) electrons. The second kappa shape index (κ2) is 9.53. The van der Waals surface area contributed by atoms with Crippen LogP contribution in [-0.4, -0.2) is 68.5 Å². The number of amides is 1. The van der Waals surface area contributed by atoms with E-state index in [1.54, 1.807) is 12.0 Å². The minimum atomic E-state index is -0.459. The predicted octanol–water partition coefficient (Wildman–Crippen LogP) is 3.34. The number of rotatable bonds is 8. The SMILES string of the molecule is CCOc1ccc(C2C3=C(OC4CCCCC4C3=O)C(=O)N2CCCN(C)C)cc1OC. The molecule has 1 saturated carbocycles. The molecule has 4 rings (SSSR count). The fourth-order valence-corrected chi connectivity index (χ4v) is 5.16. The first-order valence-corrected chi connectivity index (χ1v) is 11.7. The van der Waals surface area contributed by atoms with Crippen LogP contribution in [0.4, 0.5) is 0 Å². The maximum atomic E-state index is 13.6. The predicted molar refractivity (Wildman–Crippen MR) is 121 cm³/mol. The van der Waals surface area contributed by atoms with Crippen LogP contribution in [0.1, 0.15) is 50.6 Å². The first-order valence-electron chi connectivity index (χ1n) is 11.7. The van der Waals surface area contributed by atoms with Crippen molar-refractivity contribution in [2.24, 2.45) is 5.92 Å². The summed E-state index contributed by atoms with van der Waals surface area (Å²) in [7, 11) is 5.63. The van der Waals surface area contributed by atoms with E-state index < -0.39 is 6.04 Å². The van der Waals surface area contributed by atoms with E-state index in [9.17, 15) is 9.59 Å². The molecule has 174 valence electrons. The van der Waals surface area contributed by atoms with Crippen LogP contribution in [0.5, 0.6) is 11.5 Å². The van der Waals surface area contributed by atoms with Crippen molar-refractivity contribution in [3.63, 3.8) is 0 Å². The molecule has 2 aliphatic heterocycles. The number of hydrogen-bond donors (Lipinski definition) is 0. The Morgan fingerprint density at radius 1 is 1.16 bits per heavy atom. The van der Waals surface area contributed by atoms with Gasteiger partial charge in [-0.05, 0) is 70.9 Å². The molecule has 32 heavy (non-hydrogen) atoms. The lowest BCUT2D eigenvalue weighted by Gasteiger charge is -2.35. The molecule has 3 aliphatic rings. The Morgan fingerprint density at radius 3 is 2.66 bits per heavy atom. The van der Waals surface area contributed by atoms with Crippen LogP contribution >= 0.6 is 0 Å². The van der Waals surface area contributed by atoms with Gasteiger partial charge in [0.25, 0.3) is 5.91 Å². The van der Waals surface area contributed by atoms with Gasteiger partial charge in [0.05, 0.1) is 31.2 Å². The Bertz CT molecular complexity index is 910. The third-order valence-electron chi connectivity index (χ3n) is 6.67. The normalized spacial score (nSPS) is 25.0. The second-order valence-corrected chi connectivity index (χ2v) is 9.06. The van der Waals surface area contributed by atoms with Crippen LogP contribution < -0.4 is 9.47 Å². The average Bonchev–Trinajstić information content (AvgIpc) is 3.06. The van der Waals surface area contributed by atoms with Crippen molar-refractivity contribution in [2.45, 2.75) is 51.2 Å². The highest BCUT2D eigenvalue weighted by Gasteiger charge is 2.51. The maximum absolute atomic E-state index is 13.6. The van der Waals surface area contributed by atoms with Crippen LogP contribution in [0.25, 0.3) is 0 Å². The van der Waals surface area contributed by atoms with Gasteiger partial charge >= 0.3 is 0 Å². The van der Waals surface area contributed by atoms with Crippen molar-refractivity contribution < 1.29 is 23.8 Å². The molecule has 1 aromatic rings. The number of ketones is 1. The van der Waals surface area contributed by atoms with E-state index >= 15 is 0 Å². The van der Waals surface area contributed by atoms with Crippen LogP contribution in [0, 0.1) is 5.92 Å². The second-order valence-electron chi connectivity index (χ2n) is 9.06. The van der Waals surface area contributed by atoms with E-state index in [1.807, 2.05) is 39.2 Å². The van der Waals surface area contributed by atoms with E-state index in [0.717, 1.165) is 44.2 Å². The summed E-state index contributed by atoms with van der Waals surface area (Å²) < 4.78 is 17.4. The van der Waals surface area contributed by atoms with Crippen molar-refractivity contribution in [3.05, 3.63) is 35.1 Å². The Morgan fingerprint density at radius 2 is 1.94 bits per heavy atom. The molecule has 2 heterocycles. The molecule has 7 nitrogen and oxygen atoms in total. The van der Waals surface area contributed by atoms with Crippen molar-refractivity contribution >= 4 is 11.7 Å². The molecule has 0 N–H and O–H groups in total. The molecule has 0 bridgehead atoms. The number of Topliss-reactive ketones (excluding diaryl/α,β-unsaturated/α-hetero) is 1. The zero-order valence-electron chi connectivity index (χ0n) is 19.6. The van der Waals surface area contributed by atoms with E-state index in [4.69, 9.17) is 14.2 Å². The van der Waals surface area contributed by atoms with Crippen molar-refractivity contribution in [1.82, 2.24) is 9.80 Å². The van der Waals surface area contributed by atoms with Gasteiger partial charge < -0.3 is 24.0 Å². The van der Waals surface area contributed by atoms with Gasteiger partial charge in [-0.3, -0.25) is 9.59 Å². The fourth-order valence-electron chi connectivity index (χ4n) is 5.16. The summed E-state index contributed by atoms with van der Waals surface area (Å²) in [6.07, 6.45) is 4.37. The first-order chi connectivity index (χ1) is 15.5. The largest absolute Gasteiger partial charge is 0.493 e. The number of carbonyl (C=O) groups is 2. The number of fused-ring (bicyclic) bond motifs is 1. The Hall–Kier alpha value is -2.54. The van der Waals surface area contributed by atoms with E-state index in [0.29, 0.717) is 30.2 Å². The van der Waals surface area contributed by atoms with E-state index in [-0.39, 0.29) is 29.5 Å². The van der Waals surface area contributed by atoms with E-state index in [2.05, 4.69) is 4.90 Å². The minimum absolute atomic E-state index is 0.0808. The third-order valence-corrected chi connectivity index (χ3v) is 6.67. The van der Waals surface area contributed by atoms with Gasteiger partial charge in [0.15, 0.2) is 23.0 Å². The Kier molecular flexibility index (Phi) is 6.74. The summed E-state index contributed by atoms with van der Waals surface area (Å²) in [5, 5.41) is 0. The molecular formula is C25H34N2O5. The zero-order valence-corrected chi connectivity index (χ0v) is 19.6. The highest BCUT2D eigenvalue weighted by molar-refractivity contribution is 6.11. The molecule has 7 heteroatoms. The minimum Gasteiger partial charge on any atom is -0.493 e. The molecule has 0 aromatic heterocycles. The van der Waals surface area contributed by atoms with Gasteiger partial charge in [0.1, 0.15) is 6.10 Å². The molecule has 1 amide bonds. The molecule has 1 fully saturated rings. The van der Waals surface area contributed by atoms with Crippen LogP contribution in [-0.2, 0) is 14.3 Å². The van der Waals surface area contributed by atoms with Crippen LogP contribution in [0.3, 0.4) is 0 Å². The Balaban J connectivity index is 1.73. The molecule has 3 atom stereocenters. The average molecular weight is 443 g/mol. The van der Waals surface area contributed by atoms with Crippen molar-refractivity contribution in [3.8, 4) is 11.5 Å². The lowest BCUT2D eigenvalue weighted by Crippen LogP contribution is -2.39. The van der Waals surface area contributed by atoms with Crippen molar-refractivity contribution in [1.29, 1.82) is 0 Å². The van der Waals surface area contributed by atoms with Gasteiger partial charge in [0.2, 0.25) is 0 Å². The zero-order chi connectivity index (χ0) is 22.8. The summed E-state index contributed by atoms with van der Waals surface area (Å²) >= 11 is 0. The van der Waals surface area contributed by atoms with Crippen molar-refractivity contribution in [2.75, 3.05) is 40.9 Å². The van der Waals surface area contributed by atoms with Gasteiger partial charge in [-0.1, -0.05) is 12.5 Å². The number of ether oxygens (including phenoxy) is 3. The summed E-state index contributed by atoms with van der Waals surface area (Å²) in [5.41, 5.74) is 1.37. The lowest BCUT2D eigenvalue weighted by atomic mass is 9.77. The molecule has 1 aliphatic carbocycles. The number of benzene rings is 1. The molecule has 3 unspecified atom stereocenters. The molecule has 1 aromatic carbocycles. The van der Waals surface area contributed by atoms with Crippen LogP contribution in [0.2, 0.25) is 0 Å². The highest BCUT2D eigenvalue weighted by Crippen LogP contribution is 2.47. The quantitative estimate of drug-likeness (QED) is 0.615. The summed E-state index contributed by atoms with van der Waals surface area (Å²) in [6.45, 7) is 3.86. The molecular weight excluding hydrogens is 408 g/mol. The fraction of sp³-hybridized carbons (Fsp3) is 0.600. The smallest absolute Gasteiger partial charge is 0.290 e. The van der Waals surface area contributed by atoms with Gasteiger partial charge in [-0.15, -0.1) is 0 Å². The number of methoxy groups -OCH3 is 1. The Labute approximate surface area is 190 Å². The standard InChI is InChI=1S/C25H34N2O5/c1-5-31-19-12-11-16(15-20(19)30-4)22-21-23(28)17-9-6-7-10-18(17)32-24(21)25(29)27(22)14-8-13-26(2)3/h11-12,15,17-18,22H,5-10,13-14H2,1-4H3. The highest BCUT2D eigenvalue weighted by atomic mass is 16.5. The topological polar surface area (TPSA) is 68.3 Å². The van der Waals surface area contributed by atoms with Crippen LogP contribution in [0.15, 0.2) is 29.5 Å². The molecule has 0 saturated heterocycles. The number of hydrogen-bond acceptors (Lipinski definition) is 6. The summed E-state index contributed by atoms with van der Waals surface area (Å²) in [4.78, 5) is 31.0. The maximum Gasteiger partial charge on any atom is 0.290 e. The monoisotopic (exact) mass is 442 g/mol. The van der Waals surface area contributed by atoms with Gasteiger partial charge in [-0.25, -0.2) is 0 Å². The summed E-state index contributed by atoms with van der Waals surface area (Å²) in [6, 6.07) is 5.22.